The molecular formula is C14H18F2OS. The number of halogens is 2. The Labute approximate surface area is 111 Å². The first-order chi connectivity index (χ1) is 8.65. The minimum atomic E-state index is -0.441. The van der Waals surface area contributed by atoms with Gasteiger partial charge in [-0.1, -0.05) is 25.7 Å². The van der Waals surface area contributed by atoms with E-state index in [0.717, 1.165) is 18.6 Å². The number of hydrogen-bond acceptors (Lipinski definition) is 2. The van der Waals surface area contributed by atoms with E-state index in [4.69, 9.17) is 0 Å². The second kappa shape index (κ2) is 6.53. The zero-order valence-electron chi connectivity index (χ0n) is 10.2. The normalized spacial score (nSPS) is 18.2. The van der Waals surface area contributed by atoms with Crippen molar-refractivity contribution in [3.05, 3.63) is 29.8 Å². The molecule has 1 N–H and O–H groups in total. The largest absolute Gasteiger partial charge is 0.392 e. The van der Waals surface area contributed by atoms with Gasteiger partial charge >= 0.3 is 0 Å². The number of aliphatic hydroxyl groups excluding tert-OH is 1. The molecule has 1 unspecified atom stereocenters. The Balaban J connectivity index is 1.81. The Morgan fingerprint density at radius 1 is 1.28 bits per heavy atom. The van der Waals surface area contributed by atoms with Gasteiger partial charge in [-0.15, -0.1) is 11.8 Å². The van der Waals surface area contributed by atoms with Crippen molar-refractivity contribution in [2.24, 2.45) is 5.92 Å². The molecule has 0 aromatic heterocycles. The number of thioether (sulfide) groups is 1. The lowest BCUT2D eigenvalue weighted by Crippen LogP contribution is -2.14. The molecular weight excluding hydrogens is 254 g/mol. The standard InChI is InChI=1S/C14H18F2OS/c15-11-5-6-13(16)14(8-11)18-9-12(17)7-10-3-1-2-4-10/h5-6,8,10,12,17H,1-4,7,9H2. The summed E-state index contributed by atoms with van der Waals surface area (Å²) in [5.41, 5.74) is 0. The van der Waals surface area contributed by atoms with E-state index < -0.39 is 17.7 Å². The van der Waals surface area contributed by atoms with Crippen molar-refractivity contribution in [2.45, 2.75) is 43.1 Å². The van der Waals surface area contributed by atoms with Crippen molar-refractivity contribution in [3.63, 3.8) is 0 Å². The van der Waals surface area contributed by atoms with Crippen molar-refractivity contribution in [2.75, 3.05) is 5.75 Å². The maximum Gasteiger partial charge on any atom is 0.136 e. The van der Waals surface area contributed by atoms with E-state index >= 15 is 0 Å². The first-order valence-corrected chi connectivity index (χ1v) is 7.39. The zero-order chi connectivity index (χ0) is 13.0. The van der Waals surface area contributed by atoms with Gasteiger partial charge in [0.25, 0.3) is 0 Å². The van der Waals surface area contributed by atoms with Crippen LogP contribution in [0.25, 0.3) is 0 Å². The van der Waals surface area contributed by atoms with Crippen LogP contribution >= 0.6 is 11.8 Å². The molecule has 1 atom stereocenters. The predicted octanol–water partition coefficient (Wildman–Crippen LogP) is 4.00. The van der Waals surface area contributed by atoms with Gasteiger partial charge in [0.05, 0.1) is 6.10 Å². The monoisotopic (exact) mass is 272 g/mol. The average Bonchev–Trinajstić information content (AvgIpc) is 2.83. The first kappa shape index (κ1) is 13.8. The van der Waals surface area contributed by atoms with Crippen molar-refractivity contribution < 1.29 is 13.9 Å². The van der Waals surface area contributed by atoms with Gasteiger partial charge in [0.1, 0.15) is 11.6 Å². The van der Waals surface area contributed by atoms with Crippen LogP contribution in [0.15, 0.2) is 23.1 Å². The third kappa shape index (κ3) is 3.95. The first-order valence-electron chi connectivity index (χ1n) is 6.41. The molecule has 0 amide bonds. The van der Waals surface area contributed by atoms with Crippen LogP contribution in [-0.4, -0.2) is 17.0 Å². The summed E-state index contributed by atoms with van der Waals surface area (Å²) in [6.07, 6.45) is 5.24. The van der Waals surface area contributed by atoms with Crippen molar-refractivity contribution in [3.8, 4) is 0 Å². The van der Waals surface area contributed by atoms with Gasteiger partial charge in [-0.2, -0.15) is 0 Å². The molecule has 1 fully saturated rings. The van der Waals surface area contributed by atoms with Gasteiger partial charge in [-0.25, -0.2) is 8.78 Å². The van der Waals surface area contributed by atoms with Crippen LogP contribution in [0, 0.1) is 17.6 Å². The summed E-state index contributed by atoms with van der Waals surface area (Å²) in [4.78, 5) is 0.278. The fourth-order valence-electron chi connectivity index (χ4n) is 2.47. The lowest BCUT2D eigenvalue weighted by molar-refractivity contribution is 0.165. The van der Waals surface area contributed by atoms with Crippen LogP contribution in [-0.2, 0) is 0 Å². The van der Waals surface area contributed by atoms with Crippen LogP contribution in [0.4, 0.5) is 8.78 Å². The number of rotatable bonds is 5. The van der Waals surface area contributed by atoms with E-state index in [0.29, 0.717) is 11.7 Å². The van der Waals surface area contributed by atoms with E-state index in [1.807, 2.05) is 0 Å². The van der Waals surface area contributed by atoms with E-state index in [-0.39, 0.29) is 4.90 Å². The molecule has 100 valence electrons. The Morgan fingerprint density at radius 3 is 2.72 bits per heavy atom. The molecule has 0 bridgehead atoms. The average molecular weight is 272 g/mol. The molecule has 4 heteroatoms. The van der Waals surface area contributed by atoms with Crippen LogP contribution in [0.2, 0.25) is 0 Å². The summed E-state index contributed by atoms with van der Waals surface area (Å²) in [5.74, 6) is 0.174. The summed E-state index contributed by atoms with van der Waals surface area (Å²) < 4.78 is 26.3. The van der Waals surface area contributed by atoms with Crippen LogP contribution in [0.1, 0.15) is 32.1 Å². The maximum absolute atomic E-state index is 13.4. The van der Waals surface area contributed by atoms with E-state index in [1.165, 1.54) is 43.5 Å². The summed E-state index contributed by atoms with van der Waals surface area (Å²) in [6.45, 7) is 0. The lowest BCUT2D eigenvalue weighted by atomic mass is 10.0. The molecule has 0 heterocycles. The minimum absolute atomic E-state index is 0.278. The Kier molecular flexibility index (Phi) is 5.01. The topological polar surface area (TPSA) is 20.2 Å². The Hall–Kier alpha value is -0.610. The quantitative estimate of drug-likeness (QED) is 0.818. The molecule has 1 aromatic rings. The molecule has 1 nitrogen and oxygen atoms in total. The molecule has 1 aliphatic rings. The molecule has 18 heavy (non-hydrogen) atoms. The molecule has 1 saturated carbocycles. The number of benzene rings is 1. The summed E-state index contributed by atoms with van der Waals surface area (Å²) in [7, 11) is 0. The van der Waals surface area contributed by atoms with Crippen LogP contribution in [0.5, 0.6) is 0 Å². The molecule has 0 saturated heterocycles. The summed E-state index contributed by atoms with van der Waals surface area (Å²) in [5, 5.41) is 9.89. The van der Waals surface area contributed by atoms with E-state index in [1.54, 1.807) is 0 Å². The maximum atomic E-state index is 13.4. The van der Waals surface area contributed by atoms with Crippen LogP contribution in [0.3, 0.4) is 0 Å². The third-order valence-corrected chi connectivity index (χ3v) is 4.58. The highest BCUT2D eigenvalue weighted by Crippen LogP contribution is 2.30. The molecule has 1 aliphatic carbocycles. The second-order valence-corrected chi connectivity index (χ2v) is 5.99. The second-order valence-electron chi connectivity index (χ2n) is 4.93. The van der Waals surface area contributed by atoms with E-state index in [9.17, 15) is 13.9 Å². The van der Waals surface area contributed by atoms with Crippen molar-refractivity contribution in [1.82, 2.24) is 0 Å². The summed E-state index contributed by atoms with van der Waals surface area (Å²) >= 11 is 1.19. The molecule has 2 rings (SSSR count). The number of hydrogen-bond donors (Lipinski definition) is 1. The molecule has 0 aliphatic heterocycles. The highest BCUT2D eigenvalue weighted by Gasteiger charge is 2.19. The van der Waals surface area contributed by atoms with Crippen LogP contribution < -0.4 is 0 Å². The summed E-state index contributed by atoms with van der Waals surface area (Å²) in [6, 6.07) is 3.41. The Morgan fingerprint density at radius 2 is 2.00 bits per heavy atom. The molecule has 1 aromatic carbocycles. The number of aliphatic hydroxyl groups is 1. The highest BCUT2D eigenvalue weighted by molar-refractivity contribution is 7.99. The Bertz CT molecular complexity index is 391. The van der Waals surface area contributed by atoms with E-state index in [2.05, 4.69) is 0 Å². The molecule has 0 radical (unpaired) electrons. The lowest BCUT2D eigenvalue weighted by Gasteiger charge is -2.15. The predicted molar refractivity (Wildman–Crippen MR) is 69.7 cm³/mol. The van der Waals surface area contributed by atoms with Gasteiger partial charge < -0.3 is 5.11 Å². The third-order valence-electron chi connectivity index (χ3n) is 3.40. The zero-order valence-corrected chi connectivity index (χ0v) is 11.1. The van der Waals surface area contributed by atoms with Crippen molar-refractivity contribution in [1.29, 1.82) is 0 Å². The van der Waals surface area contributed by atoms with Gasteiger partial charge in [0.2, 0.25) is 0 Å². The fourth-order valence-corrected chi connectivity index (χ4v) is 3.38. The fraction of sp³-hybridized carbons (Fsp3) is 0.571. The minimum Gasteiger partial charge on any atom is -0.392 e. The SMILES string of the molecule is OC(CSc1cc(F)ccc1F)CC1CCCC1. The van der Waals surface area contributed by atoms with Gasteiger partial charge in [-0.05, 0) is 30.5 Å². The van der Waals surface area contributed by atoms with Gasteiger partial charge in [0, 0.05) is 10.6 Å². The smallest absolute Gasteiger partial charge is 0.136 e. The van der Waals surface area contributed by atoms with Gasteiger partial charge in [0.15, 0.2) is 0 Å². The van der Waals surface area contributed by atoms with Crippen molar-refractivity contribution >= 4 is 11.8 Å². The van der Waals surface area contributed by atoms with Gasteiger partial charge in [-0.3, -0.25) is 0 Å². The molecule has 0 spiro atoms. The highest BCUT2D eigenvalue weighted by atomic mass is 32.2.